The topological polar surface area (TPSA) is 83.5 Å². The fraction of sp³-hybridized carbons (Fsp3) is 0.190. The Balaban J connectivity index is 2.14. The number of anilines is 1. The zero-order chi connectivity index (χ0) is 20.5. The van der Waals surface area contributed by atoms with E-state index < -0.39 is 16.0 Å². The van der Waals surface area contributed by atoms with E-state index in [0.29, 0.717) is 5.56 Å². The van der Waals surface area contributed by atoms with Crippen LogP contribution in [0.15, 0.2) is 64.9 Å². The number of benzene rings is 2. The minimum Gasteiger partial charge on any atom is -0.477 e. The average molecular weight is 416 g/mol. The smallest absolute Gasteiger partial charge is 0.348 e. The number of carboxylic acids is 1. The predicted molar refractivity (Wildman–Crippen MR) is 113 cm³/mol. The summed E-state index contributed by atoms with van der Waals surface area (Å²) >= 11 is 0.973. The summed E-state index contributed by atoms with van der Waals surface area (Å²) in [5, 5.41) is 10.8. The summed E-state index contributed by atoms with van der Waals surface area (Å²) < 4.78 is 28.7. The van der Waals surface area contributed by atoms with Gasteiger partial charge in [-0.1, -0.05) is 57.2 Å². The highest BCUT2D eigenvalue weighted by Gasteiger charge is 2.25. The molecule has 3 rings (SSSR count). The summed E-state index contributed by atoms with van der Waals surface area (Å²) in [6.07, 6.45) is 0. The van der Waals surface area contributed by atoms with E-state index in [9.17, 15) is 18.3 Å². The van der Waals surface area contributed by atoms with Gasteiger partial charge in [0, 0.05) is 5.56 Å². The van der Waals surface area contributed by atoms with E-state index in [1.807, 2.05) is 36.4 Å². The Labute approximate surface area is 168 Å². The number of hydrogen-bond acceptors (Lipinski definition) is 4. The van der Waals surface area contributed by atoms with Crippen molar-refractivity contribution in [1.29, 1.82) is 0 Å². The molecule has 1 heterocycles. The lowest BCUT2D eigenvalue weighted by molar-refractivity contribution is 0.0703. The quantitative estimate of drug-likeness (QED) is 0.599. The number of carboxylic acid groups (broad SMARTS) is 1. The molecule has 5 nitrogen and oxygen atoms in total. The summed E-state index contributed by atoms with van der Waals surface area (Å²) in [6.45, 7) is 6.19. The number of sulfonamides is 1. The maximum absolute atomic E-state index is 13.1. The van der Waals surface area contributed by atoms with Crippen molar-refractivity contribution in [3.05, 3.63) is 70.4 Å². The Morgan fingerprint density at radius 1 is 1.04 bits per heavy atom. The molecule has 0 fully saturated rings. The van der Waals surface area contributed by atoms with Crippen LogP contribution in [-0.4, -0.2) is 19.5 Å². The molecule has 2 N–H and O–H groups in total. The number of hydrogen-bond donors (Lipinski definition) is 2. The first kappa shape index (κ1) is 20.1. The minimum atomic E-state index is -3.99. The summed E-state index contributed by atoms with van der Waals surface area (Å²) in [5.74, 6) is -1.17. The van der Waals surface area contributed by atoms with Crippen LogP contribution < -0.4 is 4.72 Å². The molecular weight excluding hydrogens is 394 g/mol. The van der Waals surface area contributed by atoms with Crippen molar-refractivity contribution in [3.63, 3.8) is 0 Å². The van der Waals surface area contributed by atoms with Crippen LogP contribution in [0.5, 0.6) is 0 Å². The summed E-state index contributed by atoms with van der Waals surface area (Å²) in [5.41, 5.74) is 2.28. The third-order valence-electron chi connectivity index (χ3n) is 4.32. The zero-order valence-corrected chi connectivity index (χ0v) is 17.4. The van der Waals surface area contributed by atoms with Gasteiger partial charge < -0.3 is 5.11 Å². The third kappa shape index (κ3) is 4.10. The Morgan fingerprint density at radius 2 is 1.71 bits per heavy atom. The minimum absolute atomic E-state index is 0.0452. The monoisotopic (exact) mass is 415 g/mol. The molecule has 0 radical (unpaired) electrons. The maximum atomic E-state index is 13.1. The lowest BCUT2D eigenvalue weighted by atomic mass is 9.85. The van der Waals surface area contributed by atoms with E-state index >= 15 is 0 Å². The van der Waals surface area contributed by atoms with Gasteiger partial charge in [0.15, 0.2) is 0 Å². The Morgan fingerprint density at radius 3 is 2.32 bits per heavy atom. The van der Waals surface area contributed by atoms with Gasteiger partial charge in [-0.25, -0.2) is 13.2 Å². The molecule has 0 saturated carbocycles. The van der Waals surface area contributed by atoms with Gasteiger partial charge in [-0.05, 0) is 40.1 Å². The van der Waals surface area contributed by atoms with Crippen molar-refractivity contribution in [3.8, 4) is 11.1 Å². The van der Waals surface area contributed by atoms with E-state index in [1.165, 1.54) is 6.07 Å². The Kier molecular flexibility index (Phi) is 5.32. The van der Waals surface area contributed by atoms with Gasteiger partial charge in [-0.3, -0.25) is 4.72 Å². The largest absolute Gasteiger partial charge is 0.477 e. The van der Waals surface area contributed by atoms with Gasteiger partial charge in [0.2, 0.25) is 0 Å². The maximum Gasteiger partial charge on any atom is 0.348 e. The first-order chi connectivity index (χ1) is 13.1. The predicted octanol–water partition coefficient (Wildman–Crippen LogP) is 5.21. The second kappa shape index (κ2) is 7.41. The van der Waals surface area contributed by atoms with Crippen molar-refractivity contribution < 1.29 is 18.3 Å². The van der Waals surface area contributed by atoms with Crippen LogP contribution in [0.3, 0.4) is 0 Å². The highest BCUT2D eigenvalue weighted by Crippen LogP contribution is 2.34. The van der Waals surface area contributed by atoms with E-state index in [-0.39, 0.29) is 20.9 Å². The number of thiophene rings is 1. The van der Waals surface area contributed by atoms with Gasteiger partial charge >= 0.3 is 5.97 Å². The number of nitrogens with one attached hydrogen (secondary N) is 1. The molecule has 146 valence electrons. The van der Waals surface area contributed by atoms with Gasteiger partial charge in [0.1, 0.15) is 4.88 Å². The summed E-state index contributed by atoms with van der Waals surface area (Å²) in [4.78, 5) is 11.4. The number of aromatic carboxylic acids is 1. The first-order valence-corrected chi connectivity index (χ1v) is 11.0. The second-order valence-corrected chi connectivity index (χ2v) is 9.97. The molecule has 0 bridgehead atoms. The van der Waals surface area contributed by atoms with Crippen LogP contribution in [0.2, 0.25) is 0 Å². The molecule has 0 aliphatic rings. The van der Waals surface area contributed by atoms with Gasteiger partial charge in [-0.15, -0.1) is 11.3 Å². The van der Waals surface area contributed by atoms with E-state index in [4.69, 9.17) is 0 Å². The van der Waals surface area contributed by atoms with Gasteiger partial charge in [0.05, 0.1) is 10.6 Å². The molecule has 0 amide bonds. The average Bonchev–Trinajstić information content (AvgIpc) is 3.09. The molecule has 1 aromatic heterocycles. The second-order valence-electron chi connectivity index (χ2n) is 7.40. The lowest BCUT2D eigenvalue weighted by Crippen LogP contribution is -2.17. The highest BCUT2D eigenvalue weighted by atomic mass is 32.2. The van der Waals surface area contributed by atoms with Crippen LogP contribution >= 0.6 is 11.3 Å². The van der Waals surface area contributed by atoms with Crippen molar-refractivity contribution in [2.75, 3.05) is 4.72 Å². The molecule has 3 aromatic rings. The summed E-state index contributed by atoms with van der Waals surface area (Å²) in [6, 6.07) is 16.0. The molecule has 7 heteroatoms. The van der Waals surface area contributed by atoms with Crippen molar-refractivity contribution >= 4 is 33.0 Å². The molecule has 0 atom stereocenters. The third-order valence-corrected chi connectivity index (χ3v) is 6.65. The van der Waals surface area contributed by atoms with Crippen molar-refractivity contribution in [1.82, 2.24) is 0 Å². The number of carbonyl (C=O) groups is 1. The van der Waals surface area contributed by atoms with E-state index in [1.54, 1.807) is 17.5 Å². The van der Waals surface area contributed by atoms with E-state index in [2.05, 4.69) is 25.5 Å². The van der Waals surface area contributed by atoms with Crippen LogP contribution in [-0.2, 0) is 15.4 Å². The van der Waals surface area contributed by atoms with Crippen molar-refractivity contribution in [2.24, 2.45) is 0 Å². The van der Waals surface area contributed by atoms with Crippen molar-refractivity contribution in [2.45, 2.75) is 31.1 Å². The standard InChI is InChI=1S/C21H21NO4S2/c1-21(2,3)15-9-10-18(16(13-15)14-7-5-4-6-8-14)28(25,26)22-17-11-12-27-19(17)20(23)24/h4-13,22H,1-3H3,(H,23,24). The SMILES string of the molecule is CC(C)(C)c1ccc(S(=O)(=O)Nc2ccsc2C(=O)O)c(-c2ccccc2)c1. The summed E-state index contributed by atoms with van der Waals surface area (Å²) in [7, 11) is -3.99. The van der Waals surface area contributed by atoms with E-state index in [0.717, 1.165) is 22.5 Å². The fourth-order valence-electron chi connectivity index (χ4n) is 2.83. The lowest BCUT2D eigenvalue weighted by Gasteiger charge is -2.22. The fourth-order valence-corrected chi connectivity index (χ4v) is 4.86. The molecule has 0 saturated heterocycles. The normalized spacial score (nSPS) is 12.0. The highest BCUT2D eigenvalue weighted by molar-refractivity contribution is 7.92. The molecule has 0 aliphatic carbocycles. The number of rotatable bonds is 5. The molecule has 2 aromatic carbocycles. The van der Waals surface area contributed by atoms with Crippen LogP contribution in [0.4, 0.5) is 5.69 Å². The molecule has 28 heavy (non-hydrogen) atoms. The van der Waals surface area contributed by atoms with Gasteiger partial charge in [0.25, 0.3) is 10.0 Å². The Bertz CT molecular complexity index is 1110. The zero-order valence-electron chi connectivity index (χ0n) is 15.8. The first-order valence-electron chi connectivity index (χ1n) is 8.63. The molecule has 0 spiro atoms. The molecule has 0 aliphatic heterocycles. The molecule has 0 unspecified atom stereocenters. The van der Waals surface area contributed by atoms with Gasteiger partial charge in [-0.2, -0.15) is 0 Å². The van der Waals surface area contributed by atoms with Crippen LogP contribution in [0.1, 0.15) is 36.0 Å². The molecular formula is C21H21NO4S2. The van der Waals surface area contributed by atoms with Crippen LogP contribution in [0.25, 0.3) is 11.1 Å². The van der Waals surface area contributed by atoms with Crippen LogP contribution in [0, 0.1) is 0 Å². The Hall–Kier alpha value is -2.64.